The van der Waals surface area contributed by atoms with Crippen molar-refractivity contribution in [3.05, 3.63) is 36.4 Å². The molecule has 0 aliphatic carbocycles. The molecule has 1 rings (SSSR count). The molecule has 0 aromatic heterocycles. The van der Waals surface area contributed by atoms with Gasteiger partial charge in [-0.15, -0.1) is 0 Å². The van der Waals surface area contributed by atoms with Gasteiger partial charge in [-0.05, 0) is 12.5 Å². The molecule has 2 nitrogen and oxygen atoms in total. The molecular formula is C18H33NOSi3. The molecule has 0 aliphatic rings. The standard InChI is InChI=1S/C18H33NOSi3/c1-9-17-10-12-18(13-11-17)21-15-20-16(2)14-19(22(3,4)5)23(6,7)8/h9-13,16H,1,14-15H2,2-8H3. The van der Waals surface area contributed by atoms with Gasteiger partial charge in [-0.3, -0.25) is 0 Å². The zero-order chi connectivity index (χ0) is 17.7. The smallest absolute Gasteiger partial charge is 0.114 e. The van der Waals surface area contributed by atoms with E-state index in [2.05, 4.69) is 81.3 Å². The minimum atomic E-state index is -1.29. The first-order chi connectivity index (χ1) is 10.5. The van der Waals surface area contributed by atoms with E-state index in [9.17, 15) is 0 Å². The highest BCUT2D eigenvalue weighted by molar-refractivity contribution is 6.89. The largest absolute Gasteiger partial charge is 0.381 e. The number of rotatable bonds is 9. The molecule has 1 unspecified atom stereocenters. The first-order valence-corrected chi connectivity index (χ1v) is 16.5. The Balaban J connectivity index is 2.49. The SMILES string of the molecule is C=Cc1ccc([Si]COC(C)CN([Si](C)(C)C)[Si](C)(C)C)cc1. The summed E-state index contributed by atoms with van der Waals surface area (Å²) >= 11 is 0. The van der Waals surface area contributed by atoms with Crippen molar-refractivity contribution in [2.75, 3.05) is 12.8 Å². The summed E-state index contributed by atoms with van der Waals surface area (Å²) in [5, 5.41) is 1.36. The Hall–Kier alpha value is -0.469. The van der Waals surface area contributed by atoms with Crippen molar-refractivity contribution in [1.82, 2.24) is 4.23 Å². The molecule has 0 saturated carbocycles. The van der Waals surface area contributed by atoms with Crippen molar-refractivity contribution < 1.29 is 4.74 Å². The Kier molecular flexibility index (Phi) is 7.67. The topological polar surface area (TPSA) is 12.5 Å². The first-order valence-electron chi connectivity index (χ1n) is 8.40. The number of hydrogen-bond acceptors (Lipinski definition) is 2. The van der Waals surface area contributed by atoms with Gasteiger partial charge in [-0.1, -0.05) is 81.4 Å². The molecule has 1 atom stereocenters. The normalized spacial score (nSPS) is 14.1. The Labute approximate surface area is 147 Å². The van der Waals surface area contributed by atoms with E-state index >= 15 is 0 Å². The lowest BCUT2D eigenvalue weighted by molar-refractivity contribution is 0.0924. The lowest BCUT2D eigenvalue weighted by atomic mass is 10.2. The summed E-state index contributed by atoms with van der Waals surface area (Å²) in [5.41, 5.74) is 1.17. The van der Waals surface area contributed by atoms with Crippen molar-refractivity contribution in [3.63, 3.8) is 0 Å². The Morgan fingerprint density at radius 3 is 2.04 bits per heavy atom. The van der Waals surface area contributed by atoms with Crippen LogP contribution in [0.3, 0.4) is 0 Å². The zero-order valence-electron chi connectivity index (χ0n) is 15.9. The molecule has 0 N–H and O–H groups in total. The van der Waals surface area contributed by atoms with Gasteiger partial charge in [-0.2, -0.15) is 0 Å². The van der Waals surface area contributed by atoms with Crippen LogP contribution in [0, 0.1) is 0 Å². The molecule has 0 saturated heterocycles. The number of ether oxygens (including phenoxy) is 1. The Morgan fingerprint density at radius 1 is 1.09 bits per heavy atom. The third kappa shape index (κ3) is 7.30. The molecule has 0 aliphatic heterocycles. The molecule has 5 heteroatoms. The van der Waals surface area contributed by atoms with E-state index in [1.165, 1.54) is 10.8 Å². The molecule has 1 aromatic rings. The third-order valence-corrected chi connectivity index (χ3v) is 12.5. The second-order valence-corrected chi connectivity index (χ2v) is 19.5. The van der Waals surface area contributed by atoms with Gasteiger partial charge in [0.15, 0.2) is 0 Å². The average Bonchev–Trinajstić information content (AvgIpc) is 2.43. The minimum absolute atomic E-state index is 0.299. The predicted octanol–water partition coefficient (Wildman–Crippen LogP) is 3.99. The fourth-order valence-corrected chi connectivity index (χ4v) is 13.5. The van der Waals surface area contributed by atoms with Gasteiger partial charge in [0.2, 0.25) is 0 Å². The molecule has 0 spiro atoms. The van der Waals surface area contributed by atoms with Gasteiger partial charge in [0.05, 0.1) is 6.10 Å². The summed E-state index contributed by atoms with van der Waals surface area (Å²) < 4.78 is 8.92. The molecular weight excluding hydrogens is 330 g/mol. The fourth-order valence-electron chi connectivity index (χ4n) is 2.87. The summed E-state index contributed by atoms with van der Waals surface area (Å²) in [7, 11) is -1.87. The van der Waals surface area contributed by atoms with Crippen LogP contribution >= 0.6 is 0 Å². The Bertz CT molecular complexity index is 474. The lowest BCUT2D eigenvalue weighted by Gasteiger charge is -2.44. The maximum Gasteiger partial charge on any atom is 0.114 e. The van der Waals surface area contributed by atoms with Crippen LogP contribution < -0.4 is 5.19 Å². The van der Waals surface area contributed by atoms with E-state index in [0.717, 1.165) is 12.8 Å². The number of benzene rings is 1. The van der Waals surface area contributed by atoms with E-state index in [1.807, 2.05) is 6.08 Å². The second kappa shape index (κ2) is 8.58. The van der Waals surface area contributed by atoms with Crippen LogP contribution in [0.5, 0.6) is 0 Å². The van der Waals surface area contributed by atoms with Gasteiger partial charge in [0.25, 0.3) is 0 Å². The van der Waals surface area contributed by atoms with Crippen molar-refractivity contribution in [3.8, 4) is 0 Å². The zero-order valence-corrected chi connectivity index (χ0v) is 18.9. The van der Waals surface area contributed by atoms with E-state index in [4.69, 9.17) is 4.74 Å². The maximum atomic E-state index is 6.12. The third-order valence-electron chi connectivity index (χ3n) is 3.85. The van der Waals surface area contributed by atoms with Gasteiger partial charge >= 0.3 is 0 Å². The van der Waals surface area contributed by atoms with E-state index in [0.29, 0.717) is 15.6 Å². The molecule has 128 valence electrons. The minimum Gasteiger partial charge on any atom is -0.381 e. The van der Waals surface area contributed by atoms with Gasteiger partial charge in [-0.25, -0.2) is 0 Å². The highest BCUT2D eigenvalue weighted by atomic mass is 28.4. The molecule has 0 heterocycles. The van der Waals surface area contributed by atoms with Gasteiger partial charge in [0.1, 0.15) is 26.0 Å². The van der Waals surface area contributed by atoms with Crippen molar-refractivity contribution in [2.24, 2.45) is 0 Å². The highest BCUT2D eigenvalue weighted by Crippen LogP contribution is 2.20. The Morgan fingerprint density at radius 2 is 1.61 bits per heavy atom. The molecule has 1 aromatic carbocycles. The van der Waals surface area contributed by atoms with Crippen LogP contribution in [0.1, 0.15) is 12.5 Å². The second-order valence-electron chi connectivity index (χ2n) is 8.08. The van der Waals surface area contributed by atoms with Crippen LogP contribution in [0.2, 0.25) is 39.3 Å². The van der Waals surface area contributed by atoms with Crippen LogP contribution in [-0.4, -0.2) is 49.1 Å². The summed E-state index contributed by atoms with van der Waals surface area (Å²) in [6.07, 6.45) is 3.00. The molecule has 0 amide bonds. The summed E-state index contributed by atoms with van der Waals surface area (Å²) in [4.78, 5) is 0. The van der Waals surface area contributed by atoms with Gasteiger partial charge in [0, 0.05) is 12.8 Å². The molecule has 2 radical (unpaired) electrons. The van der Waals surface area contributed by atoms with Crippen molar-refractivity contribution in [2.45, 2.75) is 52.3 Å². The quantitative estimate of drug-likeness (QED) is 0.615. The van der Waals surface area contributed by atoms with E-state index in [1.54, 1.807) is 0 Å². The van der Waals surface area contributed by atoms with Gasteiger partial charge < -0.3 is 8.97 Å². The first kappa shape index (κ1) is 20.6. The van der Waals surface area contributed by atoms with Crippen LogP contribution in [0.15, 0.2) is 30.8 Å². The predicted molar refractivity (Wildman–Crippen MR) is 111 cm³/mol. The van der Waals surface area contributed by atoms with Crippen molar-refractivity contribution >= 4 is 37.3 Å². The number of hydrogen-bond donors (Lipinski definition) is 0. The van der Waals surface area contributed by atoms with Crippen LogP contribution in [-0.2, 0) is 4.74 Å². The maximum absolute atomic E-state index is 6.12. The summed E-state index contributed by atoms with van der Waals surface area (Å²) in [6.45, 7) is 21.8. The molecule has 23 heavy (non-hydrogen) atoms. The molecule has 0 fully saturated rings. The molecule has 0 bridgehead atoms. The summed E-state index contributed by atoms with van der Waals surface area (Å²) in [5.74, 6) is 0. The van der Waals surface area contributed by atoms with E-state index in [-0.39, 0.29) is 0 Å². The number of nitrogens with zero attached hydrogens (tertiary/aromatic N) is 1. The van der Waals surface area contributed by atoms with Crippen LogP contribution in [0.4, 0.5) is 0 Å². The van der Waals surface area contributed by atoms with Crippen molar-refractivity contribution in [1.29, 1.82) is 0 Å². The fraction of sp³-hybridized carbons (Fsp3) is 0.556. The lowest BCUT2D eigenvalue weighted by Crippen LogP contribution is -2.61. The van der Waals surface area contributed by atoms with Crippen LogP contribution in [0.25, 0.3) is 6.08 Å². The van der Waals surface area contributed by atoms with E-state index < -0.39 is 16.5 Å². The monoisotopic (exact) mass is 363 g/mol. The average molecular weight is 364 g/mol. The highest BCUT2D eigenvalue weighted by Gasteiger charge is 2.35. The summed E-state index contributed by atoms with van der Waals surface area (Å²) in [6, 6.07) is 8.60.